The normalized spacial score (nSPS) is 26.4. The van der Waals surface area contributed by atoms with Crippen LogP contribution in [0.4, 0.5) is 5.69 Å². The van der Waals surface area contributed by atoms with Crippen LogP contribution >= 0.6 is 0 Å². The van der Waals surface area contributed by atoms with Crippen LogP contribution in [0.25, 0.3) is 0 Å². The molecular formula is C32H37N7O. The highest BCUT2D eigenvalue weighted by Gasteiger charge is 2.47. The number of pyridine rings is 1. The van der Waals surface area contributed by atoms with Crippen molar-refractivity contribution >= 4 is 11.6 Å². The highest BCUT2D eigenvalue weighted by molar-refractivity contribution is 6.10. The van der Waals surface area contributed by atoms with Crippen LogP contribution in [0.1, 0.15) is 90.1 Å². The molecule has 4 aliphatic rings. The molecule has 4 heterocycles. The van der Waals surface area contributed by atoms with E-state index in [1.54, 1.807) is 6.33 Å². The first-order valence-electron chi connectivity index (χ1n) is 14.8. The number of fused-ring (bicyclic) bond motifs is 1. The van der Waals surface area contributed by atoms with Crippen LogP contribution in [0.3, 0.4) is 0 Å². The maximum absolute atomic E-state index is 14.0. The predicted octanol–water partition coefficient (Wildman–Crippen LogP) is 4.89. The first kappa shape index (κ1) is 25.4. The summed E-state index contributed by atoms with van der Waals surface area (Å²) >= 11 is 0. The Morgan fingerprint density at radius 2 is 2.02 bits per heavy atom. The summed E-state index contributed by atoms with van der Waals surface area (Å²) in [4.78, 5) is 23.6. The minimum Gasteiger partial charge on any atom is -0.321 e. The quantitative estimate of drug-likeness (QED) is 0.428. The Hall–Kier alpha value is -3.57. The zero-order chi connectivity index (χ0) is 27.4. The van der Waals surface area contributed by atoms with Gasteiger partial charge in [0.1, 0.15) is 12.2 Å². The van der Waals surface area contributed by atoms with Gasteiger partial charge in [0.2, 0.25) is 0 Å². The van der Waals surface area contributed by atoms with Crippen LogP contribution in [0, 0.1) is 23.2 Å². The molecule has 8 heteroatoms. The Labute approximate surface area is 236 Å². The lowest BCUT2D eigenvalue weighted by molar-refractivity contribution is 0.0996. The number of aryl methyl sites for hydroxylation is 1. The number of anilines is 1. The van der Waals surface area contributed by atoms with Crippen molar-refractivity contribution in [1.82, 2.24) is 24.6 Å². The number of benzene rings is 1. The fourth-order valence-corrected chi connectivity index (χ4v) is 7.25. The van der Waals surface area contributed by atoms with E-state index in [4.69, 9.17) is 4.98 Å². The molecule has 40 heavy (non-hydrogen) atoms. The molecule has 0 spiro atoms. The number of nitrogens with zero attached hydrogens (tertiary/aromatic N) is 7. The van der Waals surface area contributed by atoms with Gasteiger partial charge < -0.3 is 9.47 Å². The van der Waals surface area contributed by atoms with Crippen LogP contribution in [0.15, 0.2) is 36.7 Å². The number of aromatic nitrogens is 4. The number of piperidine rings is 1. The number of hydrogen-bond acceptors (Lipinski definition) is 6. The van der Waals surface area contributed by atoms with E-state index in [0.29, 0.717) is 18.4 Å². The molecule has 2 aliphatic carbocycles. The molecule has 206 valence electrons. The molecule has 1 atom stereocenters. The zero-order valence-electron chi connectivity index (χ0n) is 23.5. The Morgan fingerprint density at radius 3 is 2.75 bits per heavy atom. The molecule has 1 saturated heterocycles. The Balaban J connectivity index is 1.18. The van der Waals surface area contributed by atoms with Crippen LogP contribution in [-0.4, -0.2) is 43.6 Å². The van der Waals surface area contributed by atoms with Crippen molar-refractivity contribution in [3.63, 3.8) is 0 Å². The first-order valence-corrected chi connectivity index (χ1v) is 14.8. The van der Waals surface area contributed by atoms with Crippen molar-refractivity contribution in [1.29, 1.82) is 5.26 Å². The van der Waals surface area contributed by atoms with Crippen molar-refractivity contribution in [2.24, 2.45) is 18.9 Å². The van der Waals surface area contributed by atoms with Crippen LogP contribution < -0.4 is 4.90 Å². The van der Waals surface area contributed by atoms with E-state index in [-0.39, 0.29) is 17.2 Å². The molecule has 0 bridgehead atoms. The molecule has 2 saturated carbocycles. The van der Waals surface area contributed by atoms with E-state index in [2.05, 4.69) is 52.4 Å². The molecule has 1 aromatic carbocycles. The monoisotopic (exact) mass is 535 g/mol. The van der Waals surface area contributed by atoms with E-state index in [0.717, 1.165) is 85.8 Å². The minimum atomic E-state index is -0.174. The summed E-state index contributed by atoms with van der Waals surface area (Å²) in [5, 5.41) is 18.0. The van der Waals surface area contributed by atoms with Gasteiger partial charge in [0.15, 0.2) is 0 Å². The zero-order valence-corrected chi connectivity index (χ0v) is 23.5. The lowest BCUT2D eigenvalue weighted by Gasteiger charge is -2.45. The summed E-state index contributed by atoms with van der Waals surface area (Å²) in [6, 6.07) is 13.0. The maximum Gasteiger partial charge on any atom is 0.259 e. The van der Waals surface area contributed by atoms with Gasteiger partial charge in [-0.15, -0.1) is 10.2 Å². The Morgan fingerprint density at radius 1 is 1.18 bits per heavy atom. The number of rotatable bonds is 7. The van der Waals surface area contributed by atoms with Crippen molar-refractivity contribution in [2.45, 2.75) is 76.3 Å². The van der Waals surface area contributed by atoms with E-state index in [1.165, 1.54) is 18.4 Å². The summed E-state index contributed by atoms with van der Waals surface area (Å²) in [7, 11) is 1.96. The fraction of sp³-hybridized carbons (Fsp3) is 0.531. The highest BCUT2D eigenvalue weighted by atomic mass is 16.2. The van der Waals surface area contributed by atoms with Gasteiger partial charge in [-0.05, 0) is 74.8 Å². The average Bonchev–Trinajstić information content (AvgIpc) is 3.62. The van der Waals surface area contributed by atoms with E-state index in [9.17, 15) is 10.1 Å². The van der Waals surface area contributed by atoms with Crippen molar-refractivity contribution in [2.75, 3.05) is 18.0 Å². The molecule has 3 fully saturated rings. The van der Waals surface area contributed by atoms with Gasteiger partial charge in [-0.3, -0.25) is 14.7 Å². The van der Waals surface area contributed by atoms with Gasteiger partial charge in [0, 0.05) is 66.3 Å². The third-order valence-electron chi connectivity index (χ3n) is 9.62. The second kappa shape index (κ2) is 9.81. The molecule has 2 aliphatic heterocycles. The number of likely N-dealkylation sites (tertiary alicyclic amines) is 1. The van der Waals surface area contributed by atoms with Gasteiger partial charge in [0.25, 0.3) is 5.91 Å². The standard InChI is InChI=1S/C32H37N7O/c1-21-5-4-10-38(17-21)18-25-12-27-28(30(35-25)23-8-9-23)19-39(31(27)40)26-7-3-6-24(11-26)32(13-22(14-32)16-33)15-29-36-34-20-37(29)2/h3,6-7,11-12,20-23H,4-5,8-10,13-15,17-19H2,1-2H3/t21-,22?,32?/m0/s1. The van der Waals surface area contributed by atoms with Crippen LogP contribution in [0.5, 0.6) is 0 Å². The lowest BCUT2D eigenvalue weighted by atomic mass is 9.57. The van der Waals surface area contributed by atoms with Crippen LogP contribution in [0.2, 0.25) is 0 Å². The number of hydrogen-bond donors (Lipinski definition) is 0. The molecule has 2 aromatic heterocycles. The van der Waals surface area contributed by atoms with E-state index in [1.807, 2.05) is 22.6 Å². The largest absolute Gasteiger partial charge is 0.321 e. The molecular weight excluding hydrogens is 498 g/mol. The molecule has 7 rings (SSSR count). The fourth-order valence-electron chi connectivity index (χ4n) is 7.25. The van der Waals surface area contributed by atoms with Gasteiger partial charge in [-0.2, -0.15) is 5.26 Å². The summed E-state index contributed by atoms with van der Waals surface area (Å²) in [5.74, 6) is 2.24. The van der Waals surface area contributed by atoms with Crippen molar-refractivity contribution in [3.05, 3.63) is 70.6 Å². The minimum absolute atomic E-state index is 0.0445. The lowest BCUT2D eigenvalue weighted by Crippen LogP contribution is -2.43. The predicted molar refractivity (Wildman–Crippen MR) is 152 cm³/mol. The third-order valence-corrected chi connectivity index (χ3v) is 9.62. The smallest absolute Gasteiger partial charge is 0.259 e. The topological polar surface area (TPSA) is 90.9 Å². The number of amides is 1. The second-order valence-electron chi connectivity index (χ2n) is 12.8. The van der Waals surface area contributed by atoms with Gasteiger partial charge in [-0.1, -0.05) is 19.1 Å². The Kier molecular flexibility index (Phi) is 6.23. The third kappa shape index (κ3) is 4.50. The highest BCUT2D eigenvalue weighted by Crippen LogP contribution is 2.50. The summed E-state index contributed by atoms with van der Waals surface area (Å²) < 4.78 is 1.96. The summed E-state index contributed by atoms with van der Waals surface area (Å²) in [6.45, 7) is 5.94. The second-order valence-corrected chi connectivity index (χ2v) is 12.8. The van der Waals surface area contributed by atoms with E-state index >= 15 is 0 Å². The number of carbonyl (C=O) groups is 1. The first-order chi connectivity index (χ1) is 19.4. The molecule has 0 radical (unpaired) electrons. The molecule has 8 nitrogen and oxygen atoms in total. The van der Waals surface area contributed by atoms with Crippen molar-refractivity contribution < 1.29 is 4.79 Å². The molecule has 0 N–H and O–H groups in total. The molecule has 3 aromatic rings. The summed E-state index contributed by atoms with van der Waals surface area (Å²) in [5.41, 5.74) is 6.07. The number of carbonyl (C=O) groups excluding carboxylic acids is 1. The van der Waals surface area contributed by atoms with E-state index < -0.39 is 0 Å². The Bertz CT molecular complexity index is 1490. The maximum atomic E-state index is 14.0. The SMILES string of the molecule is C[C@H]1CCCN(Cc2cc3c(c(C4CC4)n2)CN(c2cccc(C4(Cc5nncn5C)CC(C#N)C4)c2)C3=O)C1. The van der Waals surface area contributed by atoms with Gasteiger partial charge in [0.05, 0.1) is 18.3 Å². The van der Waals surface area contributed by atoms with Gasteiger partial charge >= 0.3 is 0 Å². The molecule has 1 amide bonds. The summed E-state index contributed by atoms with van der Waals surface area (Å²) in [6.07, 6.45) is 8.91. The van der Waals surface area contributed by atoms with Crippen LogP contribution in [-0.2, 0) is 32.0 Å². The molecule has 0 unspecified atom stereocenters. The van der Waals surface area contributed by atoms with Gasteiger partial charge in [-0.25, -0.2) is 0 Å². The van der Waals surface area contributed by atoms with Crippen molar-refractivity contribution in [3.8, 4) is 6.07 Å². The number of nitriles is 1. The average molecular weight is 536 g/mol.